The Bertz CT molecular complexity index is 1670. The van der Waals surface area contributed by atoms with Gasteiger partial charge in [0.2, 0.25) is 4.60 Å². The van der Waals surface area contributed by atoms with E-state index in [0.717, 1.165) is 57.6 Å². The molecule has 2 aromatic rings. The number of sulfone groups is 1. The number of allylic oxidation sites excluding steroid dienone is 2. The van der Waals surface area contributed by atoms with Crippen molar-refractivity contribution in [2.45, 2.75) is 48.9 Å². The van der Waals surface area contributed by atoms with E-state index in [4.69, 9.17) is 25.8 Å². The molecule has 13 nitrogen and oxygen atoms in total. The van der Waals surface area contributed by atoms with E-state index >= 15 is 0 Å². The lowest BCUT2D eigenvalue weighted by atomic mass is 9.61. The Hall–Kier alpha value is -3.72. The zero-order chi connectivity index (χ0) is 36.3. The van der Waals surface area contributed by atoms with Crippen molar-refractivity contribution in [3.05, 3.63) is 72.2 Å². The second kappa shape index (κ2) is 18.0. The molecule has 0 spiro atoms. The van der Waals surface area contributed by atoms with Gasteiger partial charge < -0.3 is 14.2 Å². The first-order valence-electron chi connectivity index (χ1n) is 16.8. The van der Waals surface area contributed by atoms with Gasteiger partial charge in [0.05, 0.1) is 17.7 Å². The molecular formula is C35H48ClN4O9S+. The van der Waals surface area contributed by atoms with Crippen LogP contribution in [0.4, 0.5) is 0 Å². The average molecular weight is 736 g/mol. The third-order valence-corrected chi connectivity index (χ3v) is 11.7. The number of aromatic nitrogens is 2. The van der Waals surface area contributed by atoms with Crippen molar-refractivity contribution in [3.63, 3.8) is 0 Å². The molecule has 15 heteroatoms. The summed E-state index contributed by atoms with van der Waals surface area (Å²) in [6, 6.07) is 7.31. The number of H-pyrrole nitrogens is 1. The van der Waals surface area contributed by atoms with Crippen LogP contribution in [0.5, 0.6) is 5.88 Å². The number of esters is 2. The molecule has 2 aliphatic rings. The first kappa shape index (κ1) is 39.1. The smallest absolute Gasteiger partial charge is 0.404 e. The number of nitrogens with zero attached hydrogens (tertiary/aromatic N) is 3. The summed E-state index contributed by atoms with van der Waals surface area (Å²) in [5.74, 6) is -0.395. The van der Waals surface area contributed by atoms with Gasteiger partial charge in [0, 0.05) is 45.1 Å². The Kier molecular flexibility index (Phi) is 14.0. The maximum Gasteiger partial charge on any atom is 0.404 e. The van der Waals surface area contributed by atoms with Crippen molar-refractivity contribution < 1.29 is 41.4 Å². The number of hydrogen-bond donors (Lipinski definition) is 1. The van der Waals surface area contributed by atoms with Crippen LogP contribution in [-0.4, -0.2) is 100 Å². The molecule has 1 N–H and O–H groups in total. The number of rotatable bonds is 18. The second-order valence-electron chi connectivity index (χ2n) is 13.0. The summed E-state index contributed by atoms with van der Waals surface area (Å²) in [6.45, 7) is 19.7. The molecule has 0 unspecified atom stereocenters. The molecule has 1 saturated carbocycles. The monoisotopic (exact) mass is 735 g/mol. The van der Waals surface area contributed by atoms with Crippen LogP contribution >= 0.6 is 11.6 Å². The predicted molar refractivity (Wildman–Crippen MR) is 186 cm³/mol. The van der Waals surface area contributed by atoms with Crippen LogP contribution in [0.3, 0.4) is 0 Å². The van der Waals surface area contributed by atoms with Gasteiger partial charge in [-0.2, -0.15) is 0 Å². The topological polar surface area (TPSA) is 154 Å². The number of nitrogens with one attached hydrogen (secondary N) is 1. The fourth-order valence-electron chi connectivity index (χ4n) is 6.47. The number of alkyl halides is 1. The molecule has 1 aliphatic heterocycles. The minimum Gasteiger partial charge on any atom is -0.464 e. The summed E-state index contributed by atoms with van der Waals surface area (Å²) in [4.78, 5) is 40.9. The van der Waals surface area contributed by atoms with Crippen LogP contribution in [0.15, 0.2) is 81.8 Å². The van der Waals surface area contributed by atoms with Gasteiger partial charge >= 0.3 is 22.8 Å². The van der Waals surface area contributed by atoms with Crippen molar-refractivity contribution in [3.8, 4) is 5.88 Å². The number of hydrogen-bond acceptors (Lipinski definition) is 11. The molecule has 4 rings (SSSR count). The third-order valence-electron chi connectivity index (χ3n) is 9.63. The third kappa shape index (κ3) is 10.2. The van der Waals surface area contributed by atoms with Gasteiger partial charge in [0.1, 0.15) is 19.8 Å². The maximum atomic E-state index is 12.8. The number of benzene rings is 1. The zero-order valence-electron chi connectivity index (χ0n) is 28.6. The molecule has 1 aliphatic carbocycles. The Morgan fingerprint density at radius 3 is 2.32 bits per heavy atom. The highest BCUT2D eigenvalue weighted by Gasteiger charge is 2.40. The summed E-state index contributed by atoms with van der Waals surface area (Å²) in [5.41, 5.74) is 2.35. The lowest BCUT2D eigenvalue weighted by molar-refractivity contribution is -0.744. The molecule has 3 atom stereocenters. The highest BCUT2D eigenvalue weighted by atomic mass is 35.5. The molecule has 2 fully saturated rings. The summed E-state index contributed by atoms with van der Waals surface area (Å²) in [6.07, 6.45) is 4.86. The van der Waals surface area contributed by atoms with E-state index in [1.165, 1.54) is 29.8 Å². The summed E-state index contributed by atoms with van der Waals surface area (Å²) < 4.78 is 45.6. The predicted octanol–water partition coefficient (Wildman–Crippen LogP) is 4.18. The van der Waals surface area contributed by atoms with Gasteiger partial charge in [-0.3, -0.25) is 19.4 Å². The maximum absolute atomic E-state index is 12.8. The Morgan fingerprint density at radius 1 is 1.04 bits per heavy atom. The molecule has 1 saturated heterocycles. The number of ether oxygens (including phenoxy) is 3. The fourth-order valence-corrected chi connectivity index (χ4v) is 7.97. The molecule has 1 aromatic carbocycles. The van der Waals surface area contributed by atoms with E-state index in [1.54, 1.807) is 6.07 Å². The van der Waals surface area contributed by atoms with Crippen LogP contribution in [0.25, 0.3) is 0 Å². The quantitative estimate of drug-likeness (QED) is 0.102. The molecule has 0 amide bonds. The number of piperazine rings is 1. The van der Waals surface area contributed by atoms with E-state index in [-0.39, 0.29) is 47.6 Å². The molecule has 50 heavy (non-hydrogen) atoms. The number of carbonyl (C=O) groups is 2. The second-order valence-corrected chi connectivity index (χ2v) is 15.1. The van der Waals surface area contributed by atoms with E-state index in [0.29, 0.717) is 24.3 Å². The number of carbonyl (C=O) groups excluding carboxylic acids is 2. The van der Waals surface area contributed by atoms with E-state index in [9.17, 15) is 22.9 Å². The average Bonchev–Trinajstić information content (AvgIpc) is 3.50. The Labute approximate surface area is 298 Å². The van der Waals surface area contributed by atoms with Gasteiger partial charge in [-0.15, -0.1) is 18.2 Å². The van der Waals surface area contributed by atoms with Crippen molar-refractivity contribution >= 4 is 33.4 Å². The van der Waals surface area contributed by atoms with Crippen molar-refractivity contribution in [1.82, 2.24) is 15.0 Å². The lowest BCUT2D eigenvalue weighted by Crippen LogP contribution is -2.48. The SMILES string of the molecule is C=C[C@]1(C)CC[C@@H](C(=C)CN2CCN(CCOC(=O)CCC(=O)OCCOc3[nH]o[n+](=O)c3S(=O)(=O)c3ccccc3)CC2)C[C@H]1C(=C)CCl. The Morgan fingerprint density at radius 2 is 1.68 bits per heavy atom. The van der Waals surface area contributed by atoms with Crippen LogP contribution in [0.2, 0.25) is 0 Å². The molecule has 0 bridgehead atoms. The number of halogens is 1. The molecule has 1 aromatic heterocycles. The standard InChI is InChI=1S/C35H48ClN4O9S/c1-5-35(4)14-13-28(23-30(35)26(2)24-36)27(3)25-39-17-15-38(16-18-39)19-20-46-31(41)11-12-32(42)47-21-22-48-33-34(40(43)49-37-33)50(44,45)29-9-7-6-8-10-29/h5-10,28,30,37H,1-3,11-25H2,4H3/q+1/t28-,30+,35-/m1/s1. The number of aromatic amines is 1. The minimum absolute atomic E-state index is 0.0201. The molecular weight excluding hydrogens is 688 g/mol. The van der Waals surface area contributed by atoms with Gasteiger partial charge in [0.25, 0.3) is 9.84 Å². The van der Waals surface area contributed by atoms with E-state index in [2.05, 4.69) is 52.3 Å². The summed E-state index contributed by atoms with van der Waals surface area (Å²) in [5, 5.41) is 1.34. The van der Waals surface area contributed by atoms with Gasteiger partial charge in [-0.05, 0) is 58.7 Å². The first-order chi connectivity index (χ1) is 23.9. The van der Waals surface area contributed by atoms with Crippen molar-refractivity contribution in [1.29, 1.82) is 0 Å². The van der Waals surface area contributed by atoms with E-state index in [1.807, 2.05) is 0 Å². The first-order valence-corrected chi connectivity index (χ1v) is 18.8. The van der Waals surface area contributed by atoms with Crippen LogP contribution in [0, 0.1) is 22.2 Å². The lowest BCUT2D eigenvalue weighted by Gasteiger charge is -2.45. The largest absolute Gasteiger partial charge is 0.464 e. The van der Waals surface area contributed by atoms with Crippen LogP contribution in [0.1, 0.15) is 39.0 Å². The normalized spacial score (nSPS) is 21.6. The van der Waals surface area contributed by atoms with Crippen molar-refractivity contribution in [2.75, 3.05) is 65.0 Å². The summed E-state index contributed by atoms with van der Waals surface area (Å²) in [7, 11) is -4.24. The van der Waals surface area contributed by atoms with Gasteiger partial charge in [-0.1, -0.05) is 60.1 Å². The highest BCUT2D eigenvalue weighted by Crippen LogP contribution is 2.49. The molecule has 2 heterocycles. The molecule has 274 valence electrons. The van der Waals surface area contributed by atoms with E-state index < -0.39 is 32.7 Å². The fraction of sp³-hybridized carbons (Fsp3) is 0.543. The van der Waals surface area contributed by atoms with Gasteiger partial charge in [0.15, 0.2) is 0 Å². The highest BCUT2D eigenvalue weighted by molar-refractivity contribution is 7.91. The zero-order valence-corrected chi connectivity index (χ0v) is 30.2. The minimum atomic E-state index is -4.24. The van der Waals surface area contributed by atoms with Crippen LogP contribution < -0.4 is 9.34 Å². The summed E-state index contributed by atoms with van der Waals surface area (Å²) >= 11 is 6.17. The van der Waals surface area contributed by atoms with Crippen LogP contribution in [-0.2, 0) is 28.9 Å². The van der Waals surface area contributed by atoms with Gasteiger partial charge in [-0.25, -0.2) is 8.42 Å². The Balaban J connectivity index is 1.08. The molecule has 0 radical (unpaired) electrons. The van der Waals surface area contributed by atoms with Crippen molar-refractivity contribution in [2.24, 2.45) is 17.3 Å².